The van der Waals surface area contributed by atoms with Crippen molar-refractivity contribution < 1.29 is 31.8 Å². The topological polar surface area (TPSA) is 154 Å². The maximum absolute atomic E-state index is 12.9. The molecule has 4 rings (SSSR count). The highest BCUT2D eigenvalue weighted by Gasteiger charge is 2.50. The zero-order chi connectivity index (χ0) is 26.8. The first kappa shape index (κ1) is 26.2. The standard InChI is InChI=1S/C25H28N4O7S/c1-16-12-20(33-15-25(10-11-25)17(2)34-29(24(26)27)35-18(3)30)14-21(13-16)36-37(31,32)23-9-8-19-6-4-5-7-22(19)28-23/h4-9,12-14,17H,10-11,15H2,1-3H3,(H3,26,27). The van der Waals surface area contributed by atoms with Crippen LogP contribution < -0.4 is 14.7 Å². The third-order valence-electron chi connectivity index (χ3n) is 6.00. The highest BCUT2D eigenvalue weighted by molar-refractivity contribution is 7.87. The number of carbonyl (C=O) groups is 1. The molecule has 1 aliphatic rings. The fraction of sp³-hybridized carbons (Fsp3) is 0.320. The van der Waals surface area contributed by atoms with E-state index in [1.807, 2.05) is 12.1 Å². The Morgan fingerprint density at radius 2 is 1.86 bits per heavy atom. The van der Waals surface area contributed by atoms with Crippen LogP contribution in [0, 0.1) is 17.7 Å². The summed E-state index contributed by atoms with van der Waals surface area (Å²) in [5.41, 5.74) is 6.30. The van der Waals surface area contributed by atoms with E-state index in [0.29, 0.717) is 16.5 Å². The summed E-state index contributed by atoms with van der Waals surface area (Å²) in [5.74, 6) is -0.735. The molecule has 0 bridgehead atoms. The van der Waals surface area contributed by atoms with Crippen LogP contribution in [0.5, 0.6) is 11.5 Å². The number of carbonyl (C=O) groups excluding carboxylic acids is 1. The SMILES string of the molecule is CC(=O)ON(OC(C)C1(COc2cc(C)cc(OS(=O)(=O)c3ccc4ccccc4n3)c2)CC1)C(=N)N. The summed E-state index contributed by atoms with van der Waals surface area (Å²) in [6.45, 7) is 4.97. The van der Waals surface area contributed by atoms with Crippen molar-refractivity contribution in [1.29, 1.82) is 5.41 Å². The molecule has 12 heteroatoms. The fourth-order valence-corrected chi connectivity index (χ4v) is 4.64. The van der Waals surface area contributed by atoms with E-state index in [4.69, 9.17) is 29.7 Å². The van der Waals surface area contributed by atoms with E-state index in [2.05, 4.69) is 4.98 Å². The summed E-state index contributed by atoms with van der Waals surface area (Å²) in [5, 5.41) is 8.73. The van der Waals surface area contributed by atoms with Crippen LogP contribution in [0.2, 0.25) is 0 Å². The Labute approximate surface area is 214 Å². The number of rotatable bonds is 9. The van der Waals surface area contributed by atoms with Crippen molar-refractivity contribution in [3.8, 4) is 11.5 Å². The Bertz CT molecular complexity index is 1440. The zero-order valence-electron chi connectivity index (χ0n) is 20.6. The number of guanidine groups is 1. The molecule has 37 heavy (non-hydrogen) atoms. The minimum absolute atomic E-state index is 0.0942. The Morgan fingerprint density at radius 1 is 1.16 bits per heavy atom. The van der Waals surface area contributed by atoms with Crippen LogP contribution in [-0.4, -0.2) is 43.3 Å². The number of para-hydroxylation sites is 1. The van der Waals surface area contributed by atoms with E-state index in [0.717, 1.165) is 23.8 Å². The molecule has 1 heterocycles. The third kappa shape index (κ3) is 6.27. The second-order valence-corrected chi connectivity index (χ2v) is 10.5. The zero-order valence-corrected chi connectivity index (χ0v) is 21.4. The molecule has 0 aliphatic heterocycles. The van der Waals surface area contributed by atoms with Gasteiger partial charge in [-0.3, -0.25) is 5.41 Å². The molecule has 11 nitrogen and oxygen atoms in total. The lowest BCUT2D eigenvalue weighted by molar-refractivity contribution is -0.324. The van der Waals surface area contributed by atoms with Crippen LogP contribution in [-0.2, 0) is 24.6 Å². The number of aromatic nitrogens is 1. The van der Waals surface area contributed by atoms with Gasteiger partial charge in [0.05, 0.1) is 18.2 Å². The van der Waals surface area contributed by atoms with Crippen molar-refractivity contribution in [2.45, 2.75) is 44.7 Å². The normalized spacial score (nSPS) is 15.0. The summed E-state index contributed by atoms with van der Waals surface area (Å²) in [4.78, 5) is 25.9. The number of aryl methyl sites for hydroxylation is 1. The summed E-state index contributed by atoms with van der Waals surface area (Å²) in [6.07, 6.45) is 1.06. The summed E-state index contributed by atoms with van der Waals surface area (Å²) in [6, 6.07) is 15.1. The van der Waals surface area contributed by atoms with Gasteiger partial charge in [-0.2, -0.15) is 8.42 Å². The lowest BCUT2D eigenvalue weighted by atomic mass is 10.0. The number of fused-ring (bicyclic) bond motifs is 1. The number of benzene rings is 2. The number of hydroxylamine groups is 2. The van der Waals surface area contributed by atoms with Gasteiger partial charge < -0.3 is 19.5 Å². The number of nitrogens with two attached hydrogens (primary N) is 1. The predicted octanol–water partition coefficient (Wildman–Crippen LogP) is 3.46. The third-order valence-corrected chi connectivity index (χ3v) is 7.15. The number of hydrogen-bond acceptors (Lipinski definition) is 9. The van der Waals surface area contributed by atoms with Gasteiger partial charge in [0.25, 0.3) is 5.96 Å². The van der Waals surface area contributed by atoms with Crippen LogP contribution in [0.1, 0.15) is 32.3 Å². The van der Waals surface area contributed by atoms with Crippen molar-refractivity contribution in [2.24, 2.45) is 11.1 Å². The quantitative estimate of drug-likeness (QED) is 0.183. The smallest absolute Gasteiger partial charge is 0.356 e. The van der Waals surface area contributed by atoms with Crippen molar-refractivity contribution in [2.75, 3.05) is 6.61 Å². The van der Waals surface area contributed by atoms with Gasteiger partial charge in [-0.25, -0.2) is 14.6 Å². The van der Waals surface area contributed by atoms with Crippen LogP contribution in [0.4, 0.5) is 0 Å². The summed E-state index contributed by atoms with van der Waals surface area (Å²) < 4.78 is 37.2. The molecule has 1 saturated carbocycles. The molecule has 3 N–H and O–H groups in total. The lowest BCUT2D eigenvalue weighted by Crippen LogP contribution is -2.43. The number of pyridine rings is 1. The molecule has 0 amide bonds. The van der Waals surface area contributed by atoms with Crippen LogP contribution in [0.25, 0.3) is 10.9 Å². The molecule has 1 fully saturated rings. The average Bonchev–Trinajstić information content (AvgIpc) is 3.62. The van der Waals surface area contributed by atoms with Crippen LogP contribution >= 0.6 is 0 Å². The highest BCUT2D eigenvalue weighted by Crippen LogP contribution is 2.50. The minimum atomic E-state index is -4.18. The van der Waals surface area contributed by atoms with Gasteiger partial charge in [0.2, 0.25) is 0 Å². The second-order valence-electron chi connectivity index (χ2n) is 8.99. The number of ether oxygens (including phenoxy) is 1. The summed E-state index contributed by atoms with van der Waals surface area (Å²) in [7, 11) is -4.18. The molecule has 0 radical (unpaired) electrons. The molecule has 196 valence electrons. The Morgan fingerprint density at radius 3 is 2.54 bits per heavy atom. The highest BCUT2D eigenvalue weighted by atomic mass is 32.2. The van der Waals surface area contributed by atoms with E-state index in [1.165, 1.54) is 19.1 Å². The van der Waals surface area contributed by atoms with Gasteiger partial charge >= 0.3 is 16.1 Å². The number of hydrogen-bond donors (Lipinski definition) is 2. The largest absolute Gasteiger partial charge is 0.493 e. The van der Waals surface area contributed by atoms with Gasteiger partial charge in [0, 0.05) is 23.8 Å². The van der Waals surface area contributed by atoms with Gasteiger partial charge in [-0.15, -0.1) is 0 Å². The second kappa shape index (κ2) is 10.2. The molecule has 1 unspecified atom stereocenters. The van der Waals surface area contributed by atoms with E-state index in [9.17, 15) is 13.2 Å². The average molecular weight is 529 g/mol. The molecule has 1 atom stereocenters. The first-order chi connectivity index (χ1) is 17.5. The van der Waals surface area contributed by atoms with E-state index >= 15 is 0 Å². The Kier molecular flexibility index (Phi) is 7.23. The molecule has 1 aliphatic carbocycles. The first-order valence-corrected chi connectivity index (χ1v) is 12.9. The molecule has 0 spiro atoms. The van der Waals surface area contributed by atoms with E-state index in [-0.39, 0.29) is 17.4 Å². The molecule has 3 aromatic rings. The molecular formula is C25H28N4O7S. The maximum atomic E-state index is 12.9. The van der Waals surface area contributed by atoms with Gasteiger partial charge in [-0.05, 0) is 67.8 Å². The van der Waals surface area contributed by atoms with Crippen molar-refractivity contribution in [3.63, 3.8) is 0 Å². The maximum Gasteiger partial charge on any atom is 0.356 e. The predicted molar refractivity (Wildman–Crippen MR) is 134 cm³/mol. The van der Waals surface area contributed by atoms with Gasteiger partial charge in [0.1, 0.15) is 11.5 Å². The number of nitrogens with one attached hydrogen (secondary N) is 1. The van der Waals surface area contributed by atoms with Crippen molar-refractivity contribution in [1.82, 2.24) is 10.2 Å². The molecule has 1 aromatic heterocycles. The molecular weight excluding hydrogens is 500 g/mol. The lowest BCUT2D eigenvalue weighted by Gasteiger charge is -2.28. The summed E-state index contributed by atoms with van der Waals surface area (Å²) >= 11 is 0. The van der Waals surface area contributed by atoms with Gasteiger partial charge in [-0.1, -0.05) is 18.2 Å². The van der Waals surface area contributed by atoms with Crippen molar-refractivity contribution >= 4 is 32.9 Å². The van der Waals surface area contributed by atoms with Gasteiger partial charge in [0.15, 0.2) is 5.03 Å². The monoisotopic (exact) mass is 528 g/mol. The Balaban J connectivity index is 1.45. The van der Waals surface area contributed by atoms with E-state index < -0.39 is 33.6 Å². The minimum Gasteiger partial charge on any atom is -0.493 e. The van der Waals surface area contributed by atoms with Crippen molar-refractivity contribution in [3.05, 3.63) is 60.2 Å². The van der Waals surface area contributed by atoms with Crippen LogP contribution in [0.3, 0.4) is 0 Å². The number of nitrogens with zero attached hydrogens (tertiary/aromatic N) is 2. The molecule has 0 saturated heterocycles. The van der Waals surface area contributed by atoms with Crippen LogP contribution in [0.15, 0.2) is 59.6 Å². The van der Waals surface area contributed by atoms with E-state index in [1.54, 1.807) is 44.2 Å². The Hall–Kier alpha value is -3.90. The molecule has 2 aromatic carbocycles. The first-order valence-electron chi connectivity index (χ1n) is 11.5. The fourth-order valence-electron chi connectivity index (χ4n) is 3.76.